The number of nitro groups is 1. The molecule has 2 aliphatic heterocycles. The molecule has 2 heterocycles. The van der Waals surface area contributed by atoms with Crippen molar-refractivity contribution in [1.82, 2.24) is 10.2 Å². The zero-order chi connectivity index (χ0) is 25.8. The second kappa shape index (κ2) is 11.0. The Balaban J connectivity index is 1.35. The van der Waals surface area contributed by atoms with Gasteiger partial charge in [-0.1, -0.05) is 48.5 Å². The van der Waals surface area contributed by atoms with Crippen molar-refractivity contribution in [3.05, 3.63) is 99.6 Å². The van der Waals surface area contributed by atoms with E-state index in [2.05, 4.69) is 27.2 Å². The number of carbonyl (C=O) groups is 1. The van der Waals surface area contributed by atoms with E-state index in [1.807, 2.05) is 48.5 Å². The number of ether oxygens (including phenoxy) is 1. The standard InChI is InChI=1S/C29H32N4O4/c1-37-28-10-6-5-9-22(28)13-14-30-29(34)25-18-23-17-24(33(35)36)11-12-26(23)32-16-15-31(20-27(25)32)19-21-7-3-2-4-8-21/h2-12,17,25,27H,13-16,18-20H2,1H3,(H,30,34). The average molecular weight is 501 g/mol. The summed E-state index contributed by atoms with van der Waals surface area (Å²) in [6.45, 7) is 3.73. The van der Waals surface area contributed by atoms with Gasteiger partial charge in [-0.15, -0.1) is 0 Å². The molecule has 1 amide bonds. The Labute approximate surface area is 217 Å². The molecule has 3 aromatic rings. The number of benzene rings is 3. The Kier molecular flexibility index (Phi) is 7.37. The Morgan fingerprint density at radius 1 is 1.08 bits per heavy atom. The van der Waals surface area contributed by atoms with E-state index in [4.69, 9.17) is 4.74 Å². The molecule has 37 heavy (non-hydrogen) atoms. The van der Waals surface area contributed by atoms with E-state index in [1.165, 1.54) is 5.56 Å². The van der Waals surface area contributed by atoms with Crippen LogP contribution in [0.25, 0.3) is 0 Å². The number of piperazine rings is 1. The number of hydrogen-bond acceptors (Lipinski definition) is 6. The first-order valence-electron chi connectivity index (χ1n) is 12.7. The van der Waals surface area contributed by atoms with Crippen LogP contribution in [-0.2, 0) is 24.2 Å². The molecular formula is C29H32N4O4. The minimum atomic E-state index is -0.369. The molecule has 0 bridgehead atoms. The van der Waals surface area contributed by atoms with Crippen LogP contribution >= 0.6 is 0 Å². The molecular weight excluding hydrogens is 468 g/mol. The number of carbonyl (C=O) groups excluding carboxylic acids is 1. The monoisotopic (exact) mass is 500 g/mol. The summed E-state index contributed by atoms with van der Waals surface area (Å²) in [6.07, 6.45) is 1.15. The van der Waals surface area contributed by atoms with Gasteiger partial charge in [0.25, 0.3) is 5.69 Å². The molecule has 0 radical (unpaired) electrons. The van der Waals surface area contributed by atoms with Gasteiger partial charge in [-0.3, -0.25) is 19.8 Å². The normalized spacial score (nSPS) is 19.0. The lowest BCUT2D eigenvalue weighted by atomic mass is 9.83. The van der Waals surface area contributed by atoms with Gasteiger partial charge in [0.05, 0.1) is 24.0 Å². The van der Waals surface area contributed by atoms with Gasteiger partial charge in [-0.25, -0.2) is 0 Å². The molecule has 1 saturated heterocycles. The van der Waals surface area contributed by atoms with Crippen LogP contribution in [0.1, 0.15) is 16.7 Å². The summed E-state index contributed by atoms with van der Waals surface area (Å²) in [5.74, 6) is 0.500. The first-order valence-corrected chi connectivity index (χ1v) is 12.7. The summed E-state index contributed by atoms with van der Waals surface area (Å²) in [5.41, 5.74) is 4.24. The first-order chi connectivity index (χ1) is 18.0. The zero-order valence-corrected chi connectivity index (χ0v) is 21.0. The maximum absolute atomic E-state index is 13.6. The number of hydrogen-bond donors (Lipinski definition) is 1. The van der Waals surface area contributed by atoms with Crippen molar-refractivity contribution < 1.29 is 14.5 Å². The fourth-order valence-corrected chi connectivity index (χ4v) is 5.63. The zero-order valence-electron chi connectivity index (χ0n) is 21.0. The third kappa shape index (κ3) is 5.44. The number of anilines is 1. The molecule has 2 unspecified atom stereocenters. The number of methoxy groups -OCH3 is 1. The Morgan fingerprint density at radius 2 is 1.86 bits per heavy atom. The average Bonchev–Trinajstić information content (AvgIpc) is 2.93. The molecule has 3 aromatic carbocycles. The Hall–Kier alpha value is -3.91. The molecule has 2 aliphatic rings. The summed E-state index contributed by atoms with van der Waals surface area (Å²) in [4.78, 5) is 29.3. The van der Waals surface area contributed by atoms with E-state index in [-0.39, 0.29) is 28.5 Å². The van der Waals surface area contributed by atoms with E-state index >= 15 is 0 Å². The minimum absolute atomic E-state index is 0.00215. The van der Waals surface area contributed by atoms with Crippen LogP contribution < -0.4 is 15.0 Å². The maximum Gasteiger partial charge on any atom is 0.269 e. The Bertz CT molecular complexity index is 1270. The van der Waals surface area contributed by atoms with Crippen molar-refractivity contribution in [3.63, 3.8) is 0 Å². The van der Waals surface area contributed by atoms with Crippen molar-refractivity contribution >= 4 is 17.3 Å². The van der Waals surface area contributed by atoms with E-state index in [1.54, 1.807) is 19.2 Å². The molecule has 0 aliphatic carbocycles. The second-order valence-corrected chi connectivity index (χ2v) is 9.72. The van der Waals surface area contributed by atoms with Gasteiger partial charge in [0.1, 0.15) is 5.75 Å². The number of nitro benzene ring substituents is 1. The highest BCUT2D eigenvalue weighted by Crippen LogP contribution is 2.38. The third-order valence-corrected chi connectivity index (χ3v) is 7.46. The topological polar surface area (TPSA) is 87.9 Å². The van der Waals surface area contributed by atoms with Crippen molar-refractivity contribution in [2.45, 2.75) is 25.4 Å². The lowest BCUT2D eigenvalue weighted by Crippen LogP contribution is -2.61. The number of rotatable bonds is 8. The molecule has 0 aromatic heterocycles. The second-order valence-electron chi connectivity index (χ2n) is 9.72. The summed E-state index contributed by atoms with van der Waals surface area (Å²) in [7, 11) is 1.65. The summed E-state index contributed by atoms with van der Waals surface area (Å²) >= 11 is 0. The van der Waals surface area contributed by atoms with Crippen LogP contribution in [0.4, 0.5) is 11.4 Å². The van der Waals surface area contributed by atoms with Gasteiger partial charge >= 0.3 is 0 Å². The van der Waals surface area contributed by atoms with Gasteiger partial charge in [0.2, 0.25) is 5.91 Å². The first kappa shape index (κ1) is 24.8. The van der Waals surface area contributed by atoms with Crippen LogP contribution in [0.15, 0.2) is 72.8 Å². The van der Waals surface area contributed by atoms with E-state index in [0.29, 0.717) is 19.4 Å². The molecule has 8 nitrogen and oxygen atoms in total. The van der Waals surface area contributed by atoms with Crippen LogP contribution in [-0.4, -0.2) is 55.1 Å². The van der Waals surface area contributed by atoms with Gasteiger partial charge in [0.15, 0.2) is 0 Å². The summed E-state index contributed by atoms with van der Waals surface area (Å²) in [5, 5.41) is 14.6. The molecule has 1 N–H and O–H groups in total. The van der Waals surface area contributed by atoms with Crippen LogP contribution in [0.2, 0.25) is 0 Å². The number of amides is 1. The minimum Gasteiger partial charge on any atom is -0.496 e. The van der Waals surface area contributed by atoms with Crippen LogP contribution in [0.3, 0.4) is 0 Å². The van der Waals surface area contributed by atoms with Crippen LogP contribution in [0, 0.1) is 16.0 Å². The van der Waals surface area contributed by atoms with Gasteiger partial charge in [-0.05, 0) is 41.7 Å². The van der Waals surface area contributed by atoms with Gasteiger partial charge in [0, 0.05) is 50.5 Å². The molecule has 0 spiro atoms. The lowest BCUT2D eigenvalue weighted by molar-refractivity contribution is -0.384. The number of fused-ring (bicyclic) bond motifs is 3. The largest absolute Gasteiger partial charge is 0.496 e. The molecule has 2 atom stereocenters. The molecule has 8 heteroatoms. The predicted molar refractivity (Wildman–Crippen MR) is 143 cm³/mol. The fourth-order valence-electron chi connectivity index (χ4n) is 5.63. The van der Waals surface area contributed by atoms with Gasteiger partial charge < -0.3 is 15.0 Å². The summed E-state index contributed by atoms with van der Waals surface area (Å²) in [6, 6.07) is 23.2. The smallest absolute Gasteiger partial charge is 0.269 e. The third-order valence-electron chi connectivity index (χ3n) is 7.46. The molecule has 0 saturated carbocycles. The van der Waals surface area contributed by atoms with Crippen molar-refractivity contribution in [2.24, 2.45) is 5.92 Å². The van der Waals surface area contributed by atoms with Crippen LogP contribution in [0.5, 0.6) is 5.75 Å². The predicted octanol–water partition coefficient (Wildman–Crippen LogP) is 3.83. The highest BCUT2D eigenvalue weighted by atomic mass is 16.6. The fraction of sp³-hybridized carbons (Fsp3) is 0.345. The maximum atomic E-state index is 13.6. The summed E-state index contributed by atoms with van der Waals surface area (Å²) < 4.78 is 5.44. The highest BCUT2D eigenvalue weighted by Gasteiger charge is 2.41. The van der Waals surface area contributed by atoms with Crippen molar-refractivity contribution in [1.29, 1.82) is 0 Å². The van der Waals surface area contributed by atoms with E-state index in [0.717, 1.165) is 48.7 Å². The highest BCUT2D eigenvalue weighted by molar-refractivity contribution is 5.82. The van der Waals surface area contributed by atoms with Crippen molar-refractivity contribution in [2.75, 3.05) is 38.2 Å². The van der Waals surface area contributed by atoms with E-state index in [9.17, 15) is 14.9 Å². The number of non-ortho nitro benzene ring substituents is 1. The van der Waals surface area contributed by atoms with E-state index < -0.39 is 0 Å². The number of para-hydroxylation sites is 1. The molecule has 192 valence electrons. The quantitative estimate of drug-likeness (QED) is 0.374. The lowest BCUT2D eigenvalue weighted by Gasteiger charge is -2.49. The van der Waals surface area contributed by atoms with Gasteiger partial charge in [-0.2, -0.15) is 0 Å². The molecule has 1 fully saturated rings. The Morgan fingerprint density at radius 3 is 2.65 bits per heavy atom. The molecule has 5 rings (SSSR count). The number of nitrogens with one attached hydrogen (secondary N) is 1. The SMILES string of the molecule is COc1ccccc1CCNC(=O)C1Cc2cc([N+](=O)[O-])ccc2N2CCN(Cc3ccccc3)CC12. The number of nitrogens with zero attached hydrogens (tertiary/aromatic N) is 3. The van der Waals surface area contributed by atoms with Crippen molar-refractivity contribution in [3.8, 4) is 5.75 Å².